The molecule has 0 spiro atoms. The maximum atomic E-state index is 12.4. The summed E-state index contributed by atoms with van der Waals surface area (Å²) in [5.41, 5.74) is 1.53. The van der Waals surface area contributed by atoms with Gasteiger partial charge in [0.15, 0.2) is 0 Å². The standard InChI is InChI=1S/C21H21ClN4O3/c1-14(2)21(25-9-8-23-13-25)16-6-7-18(19(12-16)26(28)29)24-20(27)11-15-4-3-5-17(22)10-15/h3-10,12-14,21H,11H2,1-2H3,(H,24,27). The van der Waals surface area contributed by atoms with E-state index in [1.807, 2.05) is 24.6 Å². The van der Waals surface area contributed by atoms with E-state index in [0.717, 1.165) is 11.1 Å². The van der Waals surface area contributed by atoms with Crippen molar-refractivity contribution in [3.05, 3.63) is 87.4 Å². The van der Waals surface area contributed by atoms with Crippen molar-refractivity contribution in [2.45, 2.75) is 26.3 Å². The molecule has 1 aromatic heterocycles. The molecule has 0 saturated heterocycles. The van der Waals surface area contributed by atoms with Crippen LogP contribution in [0.15, 0.2) is 61.2 Å². The molecule has 0 aliphatic rings. The van der Waals surface area contributed by atoms with Crippen LogP contribution in [-0.2, 0) is 11.2 Å². The summed E-state index contributed by atoms with van der Waals surface area (Å²) in [6.07, 6.45) is 5.27. The normalized spacial score (nSPS) is 12.0. The molecule has 0 aliphatic heterocycles. The molecular weight excluding hydrogens is 392 g/mol. The van der Waals surface area contributed by atoms with E-state index in [0.29, 0.717) is 5.02 Å². The first-order valence-electron chi connectivity index (χ1n) is 9.15. The molecule has 0 fully saturated rings. The smallest absolute Gasteiger partial charge is 0.293 e. The van der Waals surface area contributed by atoms with Crippen LogP contribution in [0, 0.1) is 16.0 Å². The van der Waals surface area contributed by atoms with E-state index in [1.165, 1.54) is 6.07 Å². The number of imidazole rings is 1. The molecule has 1 unspecified atom stereocenters. The lowest BCUT2D eigenvalue weighted by atomic mass is 9.95. The zero-order valence-electron chi connectivity index (χ0n) is 16.1. The maximum absolute atomic E-state index is 12.4. The van der Waals surface area contributed by atoms with E-state index >= 15 is 0 Å². The zero-order chi connectivity index (χ0) is 21.0. The fourth-order valence-corrected chi connectivity index (χ4v) is 3.56. The molecule has 0 bridgehead atoms. The van der Waals surface area contributed by atoms with Gasteiger partial charge in [-0.05, 0) is 35.2 Å². The lowest BCUT2D eigenvalue weighted by Gasteiger charge is -2.23. The molecule has 3 rings (SSSR count). The van der Waals surface area contributed by atoms with Gasteiger partial charge in [-0.3, -0.25) is 14.9 Å². The van der Waals surface area contributed by atoms with E-state index in [9.17, 15) is 14.9 Å². The Kier molecular flexibility index (Phi) is 6.29. The zero-order valence-corrected chi connectivity index (χ0v) is 16.8. The van der Waals surface area contributed by atoms with Crippen LogP contribution in [0.3, 0.4) is 0 Å². The van der Waals surface area contributed by atoms with E-state index in [4.69, 9.17) is 11.6 Å². The van der Waals surface area contributed by atoms with Crippen molar-refractivity contribution in [2.75, 3.05) is 5.32 Å². The summed E-state index contributed by atoms with van der Waals surface area (Å²) < 4.78 is 1.92. The van der Waals surface area contributed by atoms with Crippen LogP contribution < -0.4 is 5.32 Å². The Balaban J connectivity index is 1.86. The molecule has 0 saturated carbocycles. The van der Waals surface area contributed by atoms with E-state index in [-0.39, 0.29) is 35.7 Å². The van der Waals surface area contributed by atoms with Crippen LogP contribution in [0.5, 0.6) is 0 Å². The summed E-state index contributed by atoms with van der Waals surface area (Å²) >= 11 is 5.94. The topological polar surface area (TPSA) is 90.1 Å². The summed E-state index contributed by atoms with van der Waals surface area (Å²) in [5.74, 6) is -0.162. The van der Waals surface area contributed by atoms with Crippen molar-refractivity contribution >= 4 is 28.9 Å². The van der Waals surface area contributed by atoms with Crippen molar-refractivity contribution < 1.29 is 9.72 Å². The summed E-state index contributed by atoms with van der Waals surface area (Å²) in [6, 6.07) is 11.7. The summed E-state index contributed by atoms with van der Waals surface area (Å²) in [4.78, 5) is 27.6. The summed E-state index contributed by atoms with van der Waals surface area (Å²) in [7, 11) is 0. The SMILES string of the molecule is CC(C)C(c1ccc(NC(=O)Cc2cccc(Cl)c2)c([N+](=O)[O-])c1)n1ccnc1. The van der Waals surface area contributed by atoms with Gasteiger partial charge in [0.25, 0.3) is 5.69 Å². The number of aromatic nitrogens is 2. The number of carbonyl (C=O) groups is 1. The number of nitro groups is 1. The third kappa shape index (κ3) is 5.00. The number of nitrogens with one attached hydrogen (secondary N) is 1. The Morgan fingerprint density at radius 1 is 1.28 bits per heavy atom. The molecule has 1 atom stereocenters. The number of halogens is 1. The Morgan fingerprint density at radius 2 is 2.07 bits per heavy atom. The van der Waals surface area contributed by atoms with Crippen LogP contribution in [0.25, 0.3) is 0 Å². The monoisotopic (exact) mass is 412 g/mol. The van der Waals surface area contributed by atoms with Gasteiger partial charge in [-0.15, -0.1) is 0 Å². The Bertz CT molecular complexity index is 1020. The number of carbonyl (C=O) groups excluding carboxylic acids is 1. The van der Waals surface area contributed by atoms with Crippen molar-refractivity contribution in [2.24, 2.45) is 5.92 Å². The highest BCUT2D eigenvalue weighted by Crippen LogP contribution is 2.33. The number of benzene rings is 2. The molecule has 7 nitrogen and oxygen atoms in total. The van der Waals surface area contributed by atoms with Gasteiger partial charge >= 0.3 is 0 Å². The molecule has 29 heavy (non-hydrogen) atoms. The number of anilines is 1. The number of amides is 1. The van der Waals surface area contributed by atoms with Crippen LogP contribution in [0.4, 0.5) is 11.4 Å². The highest BCUT2D eigenvalue weighted by molar-refractivity contribution is 6.30. The largest absolute Gasteiger partial charge is 0.330 e. The fraction of sp³-hybridized carbons (Fsp3) is 0.238. The predicted octanol–water partition coefficient (Wildman–Crippen LogP) is 4.87. The second kappa shape index (κ2) is 8.87. The van der Waals surface area contributed by atoms with Crippen LogP contribution in [0.2, 0.25) is 5.02 Å². The molecule has 2 aromatic carbocycles. The summed E-state index contributed by atoms with van der Waals surface area (Å²) in [5, 5.41) is 14.8. The number of hydrogen-bond acceptors (Lipinski definition) is 4. The molecule has 1 heterocycles. The molecule has 8 heteroatoms. The molecule has 3 aromatic rings. The van der Waals surface area contributed by atoms with Gasteiger partial charge in [-0.2, -0.15) is 0 Å². The molecule has 1 N–H and O–H groups in total. The van der Waals surface area contributed by atoms with Crippen LogP contribution >= 0.6 is 11.6 Å². The molecular formula is C21H21ClN4O3. The minimum Gasteiger partial charge on any atom is -0.330 e. The summed E-state index contributed by atoms with van der Waals surface area (Å²) in [6.45, 7) is 4.08. The van der Waals surface area contributed by atoms with Crippen LogP contribution in [0.1, 0.15) is 31.0 Å². The minimum atomic E-state index is -0.482. The van der Waals surface area contributed by atoms with Gasteiger partial charge in [0, 0.05) is 23.5 Å². The lowest BCUT2D eigenvalue weighted by Crippen LogP contribution is -2.17. The maximum Gasteiger partial charge on any atom is 0.293 e. The van der Waals surface area contributed by atoms with Gasteiger partial charge in [0.05, 0.1) is 23.7 Å². The quantitative estimate of drug-likeness (QED) is 0.442. The Morgan fingerprint density at radius 3 is 2.69 bits per heavy atom. The van der Waals surface area contributed by atoms with E-state index in [2.05, 4.69) is 10.3 Å². The molecule has 0 radical (unpaired) electrons. The number of rotatable bonds is 7. The highest BCUT2D eigenvalue weighted by Gasteiger charge is 2.23. The first-order valence-corrected chi connectivity index (χ1v) is 9.53. The second-order valence-electron chi connectivity index (χ2n) is 7.09. The van der Waals surface area contributed by atoms with E-state index in [1.54, 1.807) is 48.9 Å². The predicted molar refractivity (Wildman–Crippen MR) is 112 cm³/mol. The fourth-order valence-electron chi connectivity index (χ4n) is 3.35. The first kappa shape index (κ1) is 20.5. The number of nitro benzene ring substituents is 1. The van der Waals surface area contributed by atoms with E-state index < -0.39 is 4.92 Å². The van der Waals surface area contributed by atoms with Gasteiger partial charge < -0.3 is 9.88 Å². The van der Waals surface area contributed by atoms with Crippen LogP contribution in [-0.4, -0.2) is 20.4 Å². The van der Waals surface area contributed by atoms with Crippen molar-refractivity contribution in [3.8, 4) is 0 Å². The van der Waals surface area contributed by atoms with Gasteiger partial charge in [0.1, 0.15) is 5.69 Å². The van der Waals surface area contributed by atoms with Crippen molar-refractivity contribution in [1.82, 2.24) is 9.55 Å². The Hall–Kier alpha value is -3.19. The highest BCUT2D eigenvalue weighted by atomic mass is 35.5. The van der Waals surface area contributed by atoms with Gasteiger partial charge in [-0.25, -0.2) is 4.98 Å². The minimum absolute atomic E-state index is 0.0725. The third-order valence-corrected chi connectivity index (χ3v) is 4.80. The van der Waals surface area contributed by atoms with Gasteiger partial charge in [0.2, 0.25) is 5.91 Å². The van der Waals surface area contributed by atoms with Gasteiger partial charge in [-0.1, -0.05) is 43.6 Å². The third-order valence-electron chi connectivity index (χ3n) is 4.57. The number of hydrogen-bond donors (Lipinski definition) is 1. The average Bonchev–Trinajstić information content (AvgIpc) is 3.16. The lowest BCUT2D eigenvalue weighted by molar-refractivity contribution is -0.384. The molecule has 0 aliphatic carbocycles. The molecule has 150 valence electrons. The van der Waals surface area contributed by atoms with Crippen molar-refractivity contribution in [1.29, 1.82) is 0 Å². The van der Waals surface area contributed by atoms with Crippen molar-refractivity contribution in [3.63, 3.8) is 0 Å². The molecule has 1 amide bonds. The second-order valence-corrected chi connectivity index (χ2v) is 7.52. The Labute approximate surface area is 173 Å². The average molecular weight is 413 g/mol. The number of nitrogens with zero attached hydrogens (tertiary/aromatic N) is 3. The first-order chi connectivity index (χ1) is 13.8.